The Morgan fingerprint density at radius 2 is 1.73 bits per heavy atom. The molecule has 0 amide bonds. The number of carbonyl (C=O) groups is 1. The van der Waals surface area contributed by atoms with Crippen molar-refractivity contribution in [2.24, 2.45) is 0 Å². The maximum Gasteiger partial charge on any atom is 0.155 e. The molecular formula is C10H16O. The van der Waals surface area contributed by atoms with Crippen molar-refractivity contribution >= 4 is 5.78 Å². The Morgan fingerprint density at radius 3 is 2.09 bits per heavy atom. The first-order valence-corrected chi connectivity index (χ1v) is 3.93. The zero-order valence-corrected chi connectivity index (χ0v) is 7.77. The van der Waals surface area contributed by atoms with Crippen LogP contribution in [0.3, 0.4) is 0 Å². The summed E-state index contributed by atoms with van der Waals surface area (Å²) in [6, 6.07) is 0. The largest absolute Gasteiger partial charge is 0.295 e. The molecule has 0 rings (SSSR count). The van der Waals surface area contributed by atoms with Crippen LogP contribution in [0.2, 0.25) is 0 Å². The lowest BCUT2D eigenvalue weighted by Gasteiger charge is -1.92. The van der Waals surface area contributed by atoms with Crippen LogP contribution in [0.4, 0.5) is 0 Å². The second-order valence-corrected chi connectivity index (χ2v) is 2.77. The van der Waals surface area contributed by atoms with Crippen molar-refractivity contribution in [2.75, 3.05) is 0 Å². The fourth-order valence-corrected chi connectivity index (χ4v) is 0.502. The van der Waals surface area contributed by atoms with Crippen LogP contribution >= 0.6 is 0 Å². The van der Waals surface area contributed by atoms with Crippen molar-refractivity contribution in [3.63, 3.8) is 0 Å². The van der Waals surface area contributed by atoms with Crippen LogP contribution < -0.4 is 0 Å². The molecule has 0 aromatic carbocycles. The number of hydrogen-bond acceptors (Lipinski definition) is 1. The summed E-state index contributed by atoms with van der Waals surface area (Å²) < 4.78 is 0. The zero-order chi connectivity index (χ0) is 8.85. The number of Topliss-reactive ketones (excluding diaryl/α,β-unsaturated/α-hetero) is 1. The average molecular weight is 152 g/mol. The minimum Gasteiger partial charge on any atom is -0.295 e. The number of ketones is 1. The minimum atomic E-state index is 0.144. The molecule has 0 atom stereocenters. The molecule has 0 saturated carbocycles. The van der Waals surface area contributed by atoms with E-state index in [1.54, 1.807) is 6.92 Å². The van der Waals surface area contributed by atoms with E-state index in [-0.39, 0.29) is 5.78 Å². The highest BCUT2D eigenvalue weighted by molar-refractivity contribution is 5.92. The van der Waals surface area contributed by atoms with E-state index in [0.717, 1.165) is 12.0 Å². The van der Waals surface area contributed by atoms with Crippen molar-refractivity contribution in [2.45, 2.75) is 34.1 Å². The fourth-order valence-electron chi connectivity index (χ4n) is 0.502. The molecule has 1 nitrogen and oxygen atoms in total. The molecule has 0 spiro atoms. The van der Waals surface area contributed by atoms with Crippen LogP contribution in [0.1, 0.15) is 34.1 Å². The molecule has 0 bridgehead atoms. The lowest BCUT2D eigenvalue weighted by atomic mass is 10.1. The van der Waals surface area contributed by atoms with Gasteiger partial charge in [0.1, 0.15) is 0 Å². The molecule has 0 aliphatic carbocycles. The first-order chi connectivity index (χ1) is 5.07. The van der Waals surface area contributed by atoms with E-state index < -0.39 is 0 Å². The minimum absolute atomic E-state index is 0.144. The van der Waals surface area contributed by atoms with Gasteiger partial charge in [0, 0.05) is 0 Å². The third kappa shape index (κ3) is 4.54. The van der Waals surface area contributed by atoms with Gasteiger partial charge in [0.25, 0.3) is 0 Å². The second-order valence-electron chi connectivity index (χ2n) is 2.77. The monoisotopic (exact) mass is 152 g/mol. The maximum atomic E-state index is 10.7. The van der Waals surface area contributed by atoms with Crippen LogP contribution in [-0.2, 0) is 4.79 Å². The highest BCUT2D eigenvalue weighted by atomic mass is 16.1. The molecule has 0 heterocycles. The molecule has 0 aliphatic rings. The van der Waals surface area contributed by atoms with Crippen LogP contribution in [0.25, 0.3) is 0 Å². The summed E-state index contributed by atoms with van der Waals surface area (Å²) in [4.78, 5) is 10.7. The van der Waals surface area contributed by atoms with Crippen molar-refractivity contribution in [3.8, 4) is 0 Å². The highest BCUT2D eigenvalue weighted by Gasteiger charge is 1.92. The number of carbonyl (C=O) groups excluding carboxylic acids is 1. The summed E-state index contributed by atoms with van der Waals surface area (Å²) in [6.45, 7) is 7.58. The summed E-state index contributed by atoms with van der Waals surface area (Å²) in [5.74, 6) is 0.144. The van der Waals surface area contributed by atoms with Gasteiger partial charge in [-0.1, -0.05) is 24.6 Å². The smallest absolute Gasteiger partial charge is 0.155 e. The van der Waals surface area contributed by atoms with Crippen LogP contribution in [0.15, 0.2) is 23.3 Å². The normalized spacial score (nSPS) is 13.5. The average Bonchev–Trinajstić information content (AvgIpc) is 1.99. The zero-order valence-electron chi connectivity index (χ0n) is 7.77. The Kier molecular flexibility index (Phi) is 4.51. The molecule has 0 N–H and O–H groups in total. The SMILES string of the molecule is CC/C(C)=C/C=C(\C)C(C)=O. The van der Waals surface area contributed by atoms with Gasteiger partial charge in [0.2, 0.25) is 0 Å². The molecular weight excluding hydrogens is 136 g/mol. The first-order valence-electron chi connectivity index (χ1n) is 3.93. The van der Waals surface area contributed by atoms with E-state index in [4.69, 9.17) is 0 Å². The molecule has 0 aromatic heterocycles. The third-order valence-corrected chi connectivity index (χ3v) is 1.73. The lowest BCUT2D eigenvalue weighted by Crippen LogP contribution is -1.89. The Hall–Kier alpha value is -0.850. The van der Waals surface area contributed by atoms with Crippen LogP contribution in [-0.4, -0.2) is 5.78 Å². The van der Waals surface area contributed by atoms with Gasteiger partial charge >= 0.3 is 0 Å². The Balaban J connectivity index is 4.22. The number of rotatable bonds is 3. The van der Waals surface area contributed by atoms with E-state index in [9.17, 15) is 4.79 Å². The maximum absolute atomic E-state index is 10.7. The van der Waals surface area contributed by atoms with E-state index in [0.29, 0.717) is 0 Å². The number of allylic oxidation sites excluding steroid dienone is 4. The van der Waals surface area contributed by atoms with Crippen LogP contribution in [0, 0.1) is 0 Å². The molecule has 0 aliphatic heterocycles. The fraction of sp³-hybridized carbons (Fsp3) is 0.500. The van der Waals surface area contributed by atoms with Gasteiger partial charge in [-0.05, 0) is 32.8 Å². The van der Waals surface area contributed by atoms with Gasteiger partial charge < -0.3 is 0 Å². The summed E-state index contributed by atoms with van der Waals surface area (Å²) in [5.41, 5.74) is 2.11. The lowest BCUT2D eigenvalue weighted by molar-refractivity contribution is -0.113. The van der Waals surface area contributed by atoms with E-state index in [2.05, 4.69) is 13.8 Å². The second kappa shape index (κ2) is 4.89. The quantitative estimate of drug-likeness (QED) is 0.449. The van der Waals surface area contributed by atoms with E-state index in [1.165, 1.54) is 5.57 Å². The molecule has 0 saturated heterocycles. The molecule has 0 unspecified atom stereocenters. The number of hydrogen-bond donors (Lipinski definition) is 0. The highest BCUT2D eigenvalue weighted by Crippen LogP contribution is 2.01. The predicted molar refractivity (Wildman–Crippen MR) is 48.5 cm³/mol. The van der Waals surface area contributed by atoms with Gasteiger partial charge in [0.05, 0.1) is 0 Å². The molecule has 0 fully saturated rings. The van der Waals surface area contributed by atoms with Gasteiger partial charge in [0.15, 0.2) is 5.78 Å². The third-order valence-electron chi connectivity index (χ3n) is 1.73. The van der Waals surface area contributed by atoms with Gasteiger partial charge in [-0.3, -0.25) is 4.79 Å². The van der Waals surface area contributed by atoms with Gasteiger partial charge in [-0.2, -0.15) is 0 Å². The summed E-state index contributed by atoms with van der Waals surface area (Å²) in [6.07, 6.45) is 4.92. The molecule has 1 heteroatoms. The molecule has 11 heavy (non-hydrogen) atoms. The predicted octanol–water partition coefficient (Wildman–Crippen LogP) is 2.88. The van der Waals surface area contributed by atoms with Crippen molar-refractivity contribution in [3.05, 3.63) is 23.3 Å². The van der Waals surface area contributed by atoms with Crippen molar-refractivity contribution in [1.82, 2.24) is 0 Å². The topological polar surface area (TPSA) is 17.1 Å². The Labute approximate surface area is 68.8 Å². The van der Waals surface area contributed by atoms with Crippen LogP contribution in [0.5, 0.6) is 0 Å². The van der Waals surface area contributed by atoms with Gasteiger partial charge in [-0.25, -0.2) is 0 Å². The Bertz CT molecular complexity index is 197. The first kappa shape index (κ1) is 10.2. The molecule has 0 radical (unpaired) electrons. The molecule has 62 valence electrons. The van der Waals surface area contributed by atoms with Crippen molar-refractivity contribution in [1.29, 1.82) is 0 Å². The Morgan fingerprint density at radius 1 is 1.18 bits per heavy atom. The summed E-state index contributed by atoms with van der Waals surface area (Å²) in [5, 5.41) is 0. The standard InChI is InChI=1S/C10H16O/c1-5-8(2)6-7-9(3)10(4)11/h6-7H,5H2,1-4H3/b8-6+,9-7+. The summed E-state index contributed by atoms with van der Waals surface area (Å²) >= 11 is 0. The van der Waals surface area contributed by atoms with E-state index in [1.807, 2.05) is 19.1 Å². The molecule has 0 aromatic rings. The van der Waals surface area contributed by atoms with Gasteiger partial charge in [-0.15, -0.1) is 0 Å². The van der Waals surface area contributed by atoms with Crippen molar-refractivity contribution < 1.29 is 4.79 Å². The van der Waals surface area contributed by atoms with E-state index >= 15 is 0 Å². The summed E-state index contributed by atoms with van der Waals surface area (Å²) in [7, 11) is 0.